The molecule has 1 amide bonds. The Morgan fingerprint density at radius 1 is 1.38 bits per heavy atom. The van der Waals surface area contributed by atoms with E-state index in [0.717, 1.165) is 30.7 Å². The molecule has 1 N–H and O–H groups in total. The van der Waals surface area contributed by atoms with Crippen molar-refractivity contribution in [1.29, 1.82) is 0 Å². The first-order valence-corrected chi connectivity index (χ1v) is 7.80. The van der Waals surface area contributed by atoms with Crippen LogP contribution < -0.4 is 10.1 Å². The standard InChI is InChI=1S/C17H26N2O2/c1-4-21-15-7-5-14(6-8-15)12-19(3)17(20)16-11-13(2)9-10-18-16/h5-8,13,16,18H,4,9-12H2,1-3H3. The first kappa shape index (κ1) is 15.8. The Kier molecular flexibility index (Phi) is 5.62. The maximum absolute atomic E-state index is 12.5. The zero-order chi connectivity index (χ0) is 15.2. The highest BCUT2D eigenvalue weighted by atomic mass is 16.5. The Bertz CT molecular complexity index is 458. The lowest BCUT2D eigenvalue weighted by molar-refractivity contribution is -0.133. The third kappa shape index (κ3) is 4.46. The number of nitrogens with one attached hydrogen (secondary N) is 1. The molecule has 2 unspecified atom stereocenters. The molecule has 1 saturated heterocycles. The van der Waals surface area contributed by atoms with Gasteiger partial charge >= 0.3 is 0 Å². The van der Waals surface area contributed by atoms with Crippen LogP contribution in [-0.4, -0.2) is 37.0 Å². The Morgan fingerprint density at radius 3 is 2.71 bits per heavy atom. The van der Waals surface area contributed by atoms with Gasteiger partial charge in [-0.15, -0.1) is 0 Å². The van der Waals surface area contributed by atoms with Gasteiger partial charge < -0.3 is 15.0 Å². The fourth-order valence-corrected chi connectivity index (χ4v) is 2.77. The highest BCUT2D eigenvalue weighted by molar-refractivity contribution is 5.81. The van der Waals surface area contributed by atoms with Crippen molar-refractivity contribution in [3.63, 3.8) is 0 Å². The topological polar surface area (TPSA) is 41.6 Å². The van der Waals surface area contributed by atoms with Gasteiger partial charge in [0.15, 0.2) is 0 Å². The monoisotopic (exact) mass is 290 g/mol. The van der Waals surface area contributed by atoms with Crippen molar-refractivity contribution in [3.8, 4) is 5.75 Å². The molecule has 4 heteroatoms. The maximum Gasteiger partial charge on any atom is 0.239 e. The number of ether oxygens (including phenoxy) is 1. The van der Waals surface area contributed by atoms with Gasteiger partial charge in [-0.25, -0.2) is 0 Å². The number of amides is 1. The van der Waals surface area contributed by atoms with Gasteiger partial charge in [0, 0.05) is 13.6 Å². The molecule has 4 nitrogen and oxygen atoms in total. The van der Waals surface area contributed by atoms with Gasteiger partial charge in [-0.1, -0.05) is 19.1 Å². The molecule has 2 rings (SSSR count). The van der Waals surface area contributed by atoms with E-state index in [9.17, 15) is 4.79 Å². The van der Waals surface area contributed by atoms with Gasteiger partial charge in [0.05, 0.1) is 12.6 Å². The third-order valence-electron chi connectivity index (χ3n) is 3.99. The molecule has 0 aromatic heterocycles. The molecule has 0 radical (unpaired) electrons. The molecular weight excluding hydrogens is 264 g/mol. The number of likely N-dealkylation sites (N-methyl/N-ethyl adjacent to an activating group) is 1. The van der Waals surface area contributed by atoms with E-state index in [-0.39, 0.29) is 11.9 Å². The average molecular weight is 290 g/mol. The number of benzene rings is 1. The van der Waals surface area contributed by atoms with E-state index in [1.165, 1.54) is 0 Å². The number of hydrogen-bond acceptors (Lipinski definition) is 3. The zero-order valence-corrected chi connectivity index (χ0v) is 13.3. The fourth-order valence-electron chi connectivity index (χ4n) is 2.77. The Hall–Kier alpha value is -1.55. The maximum atomic E-state index is 12.5. The summed E-state index contributed by atoms with van der Waals surface area (Å²) >= 11 is 0. The molecule has 1 aliphatic heterocycles. The van der Waals surface area contributed by atoms with Crippen LogP contribution in [-0.2, 0) is 11.3 Å². The second-order valence-electron chi connectivity index (χ2n) is 5.91. The number of hydrogen-bond donors (Lipinski definition) is 1. The molecule has 21 heavy (non-hydrogen) atoms. The molecule has 0 spiro atoms. The van der Waals surface area contributed by atoms with Crippen LogP contribution in [0.25, 0.3) is 0 Å². The van der Waals surface area contributed by atoms with Crippen LogP contribution in [0.3, 0.4) is 0 Å². The van der Waals surface area contributed by atoms with Crippen molar-refractivity contribution >= 4 is 5.91 Å². The number of rotatable bonds is 5. The van der Waals surface area contributed by atoms with Crippen LogP contribution in [0.1, 0.15) is 32.3 Å². The van der Waals surface area contributed by atoms with Crippen molar-refractivity contribution in [2.24, 2.45) is 5.92 Å². The van der Waals surface area contributed by atoms with Crippen molar-refractivity contribution < 1.29 is 9.53 Å². The van der Waals surface area contributed by atoms with Crippen LogP contribution in [0, 0.1) is 5.92 Å². The molecule has 0 saturated carbocycles. The van der Waals surface area contributed by atoms with Crippen molar-refractivity contribution in [1.82, 2.24) is 10.2 Å². The molecular formula is C17H26N2O2. The first-order chi connectivity index (χ1) is 10.1. The Balaban J connectivity index is 1.90. The highest BCUT2D eigenvalue weighted by Crippen LogP contribution is 2.18. The average Bonchev–Trinajstić information content (AvgIpc) is 2.48. The summed E-state index contributed by atoms with van der Waals surface area (Å²) < 4.78 is 5.43. The largest absolute Gasteiger partial charge is 0.494 e. The second-order valence-corrected chi connectivity index (χ2v) is 5.91. The SMILES string of the molecule is CCOc1ccc(CN(C)C(=O)C2CC(C)CCN2)cc1. The van der Waals surface area contributed by atoms with Crippen LogP contribution in [0.5, 0.6) is 5.75 Å². The summed E-state index contributed by atoms with van der Waals surface area (Å²) in [5.41, 5.74) is 1.12. The van der Waals surface area contributed by atoms with Gasteiger partial charge in [0.1, 0.15) is 5.75 Å². The van der Waals surface area contributed by atoms with Gasteiger partial charge in [0.25, 0.3) is 0 Å². The molecule has 0 bridgehead atoms. The molecule has 1 heterocycles. The summed E-state index contributed by atoms with van der Waals surface area (Å²) in [4.78, 5) is 14.3. The molecule has 1 aromatic rings. The van der Waals surface area contributed by atoms with Crippen molar-refractivity contribution in [2.75, 3.05) is 20.2 Å². The summed E-state index contributed by atoms with van der Waals surface area (Å²) in [5, 5.41) is 3.33. The van der Waals surface area contributed by atoms with Gasteiger partial charge in [0.2, 0.25) is 5.91 Å². The molecule has 1 aromatic carbocycles. The number of carbonyl (C=O) groups excluding carboxylic acids is 1. The minimum absolute atomic E-state index is 0.0264. The number of nitrogens with zero attached hydrogens (tertiary/aromatic N) is 1. The van der Waals surface area contributed by atoms with E-state index in [1.807, 2.05) is 43.1 Å². The molecule has 1 fully saturated rings. The lowest BCUT2D eigenvalue weighted by Crippen LogP contribution is -2.48. The lowest BCUT2D eigenvalue weighted by atomic mass is 9.93. The fraction of sp³-hybridized carbons (Fsp3) is 0.588. The van der Waals surface area contributed by atoms with E-state index in [2.05, 4.69) is 12.2 Å². The highest BCUT2D eigenvalue weighted by Gasteiger charge is 2.26. The van der Waals surface area contributed by atoms with Crippen molar-refractivity contribution in [2.45, 2.75) is 39.3 Å². The normalized spacial score (nSPS) is 21.9. The number of piperidine rings is 1. The van der Waals surface area contributed by atoms with Crippen LogP contribution in [0.15, 0.2) is 24.3 Å². The van der Waals surface area contributed by atoms with Crippen molar-refractivity contribution in [3.05, 3.63) is 29.8 Å². The molecule has 0 aliphatic carbocycles. The number of carbonyl (C=O) groups is 1. The summed E-state index contributed by atoms with van der Waals surface area (Å²) in [6, 6.07) is 7.93. The first-order valence-electron chi connectivity index (χ1n) is 7.80. The minimum Gasteiger partial charge on any atom is -0.494 e. The van der Waals surface area contributed by atoms with Crippen LogP contribution in [0.4, 0.5) is 0 Å². The second kappa shape index (κ2) is 7.46. The van der Waals surface area contributed by atoms with Gasteiger partial charge in [-0.2, -0.15) is 0 Å². The minimum atomic E-state index is -0.0264. The van der Waals surface area contributed by atoms with Crippen LogP contribution in [0.2, 0.25) is 0 Å². The van der Waals surface area contributed by atoms with Gasteiger partial charge in [-0.05, 0) is 49.9 Å². The summed E-state index contributed by atoms with van der Waals surface area (Å²) in [6.45, 7) is 6.43. The molecule has 1 aliphatic rings. The molecule has 2 atom stereocenters. The predicted octanol–water partition coefficient (Wildman–Crippen LogP) is 2.43. The van der Waals surface area contributed by atoms with E-state index in [0.29, 0.717) is 19.1 Å². The molecule has 116 valence electrons. The Labute approximate surface area is 127 Å². The lowest BCUT2D eigenvalue weighted by Gasteiger charge is -2.30. The Morgan fingerprint density at radius 2 is 2.10 bits per heavy atom. The summed E-state index contributed by atoms with van der Waals surface area (Å²) in [5.74, 6) is 1.69. The third-order valence-corrected chi connectivity index (χ3v) is 3.99. The van der Waals surface area contributed by atoms with E-state index < -0.39 is 0 Å². The van der Waals surface area contributed by atoms with E-state index in [4.69, 9.17) is 4.74 Å². The van der Waals surface area contributed by atoms with E-state index in [1.54, 1.807) is 0 Å². The smallest absolute Gasteiger partial charge is 0.239 e. The quantitative estimate of drug-likeness (QED) is 0.905. The predicted molar refractivity (Wildman–Crippen MR) is 84.3 cm³/mol. The van der Waals surface area contributed by atoms with E-state index >= 15 is 0 Å². The zero-order valence-electron chi connectivity index (χ0n) is 13.3. The summed E-state index contributed by atoms with van der Waals surface area (Å²) in [7, 11) is 1.87. The van der Waals surface area contributed by atoms with Crippen LogP contribution >= 0.6 is 0 Å². The summed E-state index contributed by atoms with van der Waals surface area (Å²) in [6.07, 6.45) is 2.10. The van der Waals surface area contributed by atoms with Gasteiger partial charge in [-0.3, -0.25) is 4.79 Å².